The minimum atomic E-state index is -4.10. The standard InChI is InChI=1S/C14H17F3N4/c15-14(16,17)10-4-7-20(8-5-10)13-11(9-18)21-6-2-1-3-12(21)19-13/h1-3,6,10H,4-5,7-9,18H2. The van der Waals surface area contributed by atoms with E-state index in [4.69, 9.17) is 5.73 Å². The predicted octanol–water partition coefficient (Wildman–Crippen LogP) is 2.57. The van der Waals surface area contributed by atoms with Crippen molar-refractivity contribution >= 4 is 11.5 Å². The number of piperidine rings is 1. The second kappa shape index (κ2) is 5.22. The average Bonchev–Trinajstić information content (AvgIpc) is 2.85. The predicted molar refractivity (Wildman–Crippen MR) is 74.1 cm³/mol. The maximum Gasteiger partial charge on any atom is 0.391 e. The van der Waals surface area contributed by atoms with Crippen molar-refractivity contribution in [3.8, 4) is 0 Å². The topological polar surface area (TPSA) is 46.6 Å². The van der Waals surface area contributed by atoms with Crippen LogP contribution in [0.3, 0.4) is 0 Å². The molecule has 0 amide bonds. The number of hydrogen-bond acceptors (Lipinski definition) is 3. The highest BCUT2D eigenvalue weighted by Gasteiger charge is 2.41. The molecule has 0 atom stereocenters. The molecule has 21 heavy (non-hydrogen) atoms. The van der Waals surface area contributed by atoms with E-state index in [0.29, 0.717) is 25.5 Å². The largest absolute Gasteiger partial charge is 0.391 e. The molecule has 2 aromatic heterocycles. The molecule has 3 heterocycles. The van der Waals surface area contributed by atoms with E-state index in [1.807, 2.05) is 33.7 Å². The van der Waals surface area contributed by atoms with Crippen LogP contribution in [0.25, 0.3) is 5.65 Å². The van der Waals surface area contributed by atoms with Crippen molar-refractivity contribution < 1.29 is 13.2 Å². The Kier molecular flexibility index (Phi) is 3.52. The number of aromatic nitrogens is 2. The molecule has 1 aliphatic heterocycles. The summed E-state index contributed by atoms with van der Waals surface area (Å²) in [7, 11) is 0. The zero-order valence-electron chi connectivity index (χ0n) is 11.5. The molecule has 2 N–H and O–H groups in total. The van der Waals surface area contributed by atoms with Crippen molar-refractivity contribution in [3.63, 3.8) is 0 Å². The molecular formula is C14H17F3N4. The molecule has 0 aliphatic carbocycles. The first-order valence-corrected chi connectivity index (χ1v) is 6.98. The first-order valence-electron chi connectivity index (χ1n) is 6.98. The van der Waals surface area contributed by atoms with Crippen LogP contribution in [0.5, 0.6) is 0 Å². The molecule has 7 heteroatoms. The number of nitrogens with two attached hydrogens (primary N) is 1. The summed E-state index contributed by atoms with van der Waals surface area (Å²) in [5.41, 5.74) is 7.41. The molecule has 4 nitrogen and oxygen atoms in total. The summed E-state index contributed by atoms with van der Waals surface area (Å²) in [6.07, 6.45) is -2.00. The van der Waals surface area contributed by atoms with Crippen molar-refractivity contribution in [1.29, 1.82) is 0 Å². The number of rotatable bonds is 2. The summed E-state index contributed by atoms with van der Waals surface area (Å²) < 4.78 is 40.1. The van der Waals surface area contributed by atoms with Crippen LogP contribution >= 0.6 is 0 Å². The smallest absolute Gasteiger partial charge is 0.355 e. The Labute approximate surface area is 120 Å². The average molecular weight is 298 g/mol. The van der Waals surface area contributed by atoms with Gasteiger partial charge in [0.1, 0.15) is 5.65 Å². The second-order valence-corrected chi connectivity index (χ2v) is 5.32. The van der Waals surface area contributed by atoms with E-state index in [1.165, 1.54) is 0 Å². The van der Waals surface area contributed by atoms with E-state index in [1.54, 1.807) is 0 Å². The second-order valence-electron chi connectivity index (χ2n) is 5.32. The third-order valence-corrected chi connectivity index (χ3v) is 4.06. The Morgan fingerprint density at radius 1 is 1.24 bits per heavy atom. The molecule has 0 radical (unpaired) electrons. The lowest BCUT2D eigenvalue weighted by molar-refractivity contribution is -0.179. The number of imidazole rings is 1. The Morgan fingerprint density at radius 2 is 1.95 bits per heavy atom. The summed E-state index contributed by atoms with van der Waals surface area (Å²) in [5.74, 6) is -0.489. The van der Waals surface area contributed by atoms with Gasteiger partial charge in [-0.1, -0.05) is 6.07 Å². The molecule has 1 saturated heterocycles. The van der Waals surface area contributed by atoms with Crippen LogP contribution in [0.4, 0.5) is 19.0 Å². The fourth-order valence-electron chi connectivity index (χ4n) is 2.90. The normalized spacial score (nSPS) is 17.6. The number of anilines is 1. The molecule has 1 fully saturated rings. The van der Waals surface area contributed by atoms with Crippen LogP contribution in [0.2, 0.25) is 0 Å². The minimum Gasteiger partial charge on any atom is -0.355 e. The van der Waals surface area contributed by atoms with Gasteiger partial charge in [0.25, 0.3) is 0 Å². The van der Waals surface area contributed by atoms with Gasteiger partial charge in [0, 0.05) is 25.8 Å². The summed E-state index contributed by atoms with van der Waals surface area (Å²) in [5, 5.41) is 0. The highest BCUT2D eigenvalue weighted by Crippen LogP contribution is 2.35. The van der Waals surface area contributed by atoms with Crippen LogP contribution in [0.15, 0.2) is 24.4 Å². The van der Waals surface area contributed by atoms with Gasteiger partial charge in [0.2, 0.25) is 0 Å². The SMILES string of the molecule is NCc1c(N2CCC(C(F)(F)F)CC2)nc2ccccn12. The van der Waals surface area contributed by atoms with Gasteiger partial charge in [-0.2, -0.15) is 13.2 Å². The van der Waals surface area contributed by atoms with Gasteiger partial charge in [-0.15, -0.1) is 0 Å². The van der Waals surface area contributed by atoms with Crippen LogP contribution in [0.1, 0.15) is 18.5 Å². The molecule has 0 aromatic carbocycles. The summed E-state index contributed by atoms with van der Waals surface area (Å²) in [6, 6.07) is 5.63. The fraction of sp³-hybridized carbons (Fsp3) is 0.500. The maximum atomic E-state index is 12.7. The zero-order chi connectivity index (χ0) is 15.0. The van der Waals surface area contributed by atoms with E-state index in [2.05, 4.69) is 4.98 Å². The number of nitrogens with zero attached hydrogens (tertiary/aromatic N) is 3. The third kappa shape index (κ3) is 2.57. The Hall–Kier alpha value is -1.76. The lowest BCUT2D eigenvalue weighted by Gasteiger charge is -2.33. The van der Waals surface area contributed by atoms with Gasteiger partial charge in [-0.25, -0.2) is 4.98 Å². The van der Waals surface area contributed by atoms with Crippen LogP contribution < -0.4 is 10.6 Å². The van der Waals surface area contributed by atoms with E-state index in [-0.39, 0.29) is 12.8 Å². The molecule has 0 unspecified atom stereocenters. The molecule has 114 valence electrons. The molecule has 2 aromatic rings. The van der Waals surface area contributed by atoms with Crippen molar-refractivity contribution in [2.45, 2.75) is 25.6 Å². The van der Waals surface area contributed by atoms with Crippen molar-refractivity contribution in [1.82, 2.24) is 9.38 Å². The zero-order valence-corrected chi connectivity index (χ0v) is 11.5. The minimum absolute atomic E-state index is 0.112. The molecule has 0 saturated carbocycles. The molecule has 3 rings (SSSR count). The highest BCUT2D eigenvalue weighted by atomic mass is 19.4. The number of hydrogen-bond donors (Lipinski definition) is 1. The van der Waals surface area contributed by atoms with Gasteiger partial charge < -0.3 is 15.0 Å². The molecule has 1 aliphatic rings. The van der Waals surface area contributed by atoms with Crippen LogP contribution in [-0.2, 0) is 6.54 Å². The number of pyridine rings is 1. The number of halogens is 3. The molecule has 0 spiro atoms. The number of fused-ring (bicyclic) bond motifs is 1. The summed E-state index contributed by atoms with van der Waals surface area (Å²) >= 11 is 0. The van der Waals surface area contributed by atoms with Gasteiger partial charge in [-0.3, -0.25) is 0 Å². The van der Waals surface area contributed by atoms with Gasteiger partial charge in [-0.05, 0) is 25.0 Å². The maximum absolute atomic E-state index is 12.7. The highest BCUT2D eigenvalue weighted by molar-refractivity contribution is 5.56. The Bertz CT molecular complexity index is 627. The van der Waals surface area contributed by atoms with Crippen LogP contribution in [0, 0.1) is 5.92 Å². The third-order valence-electron chi connectivity index (χ3n) is 4.06. The quantitative estimate of drug-likeness (QED) is 0.927. The van der Waals surface area contributed by atoms with Crippen molar-refractivity contribution in [2.75, 3.05) is 18.0 Å². The first-order chi connectivity index (χ1) is 10.0. The van der Waals surface area contributed by atoms with E-state index >= 15 is 0 Å². The lowest BCUT2D eigenvalue weighted by Crippen LogP contribution is -2.39. The monoisotopic (exact) mass is 298 g/mol. The lowest BCUT2D eigenvalue weighted by atomic mass is 9.96. The van der Waals surface area contributed by atoms with Gasteiger partial charge >= 0.3 is 6.18 Å². The molecule has 0 bridgehead atoms. The first kappa shape index (κ1) is 14.2. The summed E-state index contributed by atoms with van der Waals surface area (Å²) in [6.45, 7) is 1.03. The fourth-order valence-corrected chi connectivity index (χ4v) is 2.90. The van der Waals surface area contributed by atoms with E-state index < -0.39 is 12.1 Å². The van der Waals surface area contributed by atoms with Crippen LogP contribution in [-0.4, -0.2) is 28.7 Å². The van der Waals surface area contributed by atoms with E-state index in [0.717, 1.165) is 11.3 Å². The van der Waals surface area contributed by atoms with Crippen molar-refractivity contribution in [2.24, 2.45) is 11.7 Å². The van der Waals surface area contributed by atoms with E-state index in [9.17, 15) is 13.2 Å². The number of alkyl halides is 3. The Balaban J connectivity index is 1.85. The van der Waals surface area contributed by atoms with Gasteiger partial charge in [0.05, 0.1) is 11.6 Å². The summed E-state index contributed by atoms with van der Waals surface area (Å²) in [4.78, 5) is 6.44. The molecular weight excluding hydrogens is 281 g/mol. The Morgan fingerprint density at radius 3 is 2.57 bits per heavy atom. The van der Waals surface area contributed by atoms with Crippen molar-refractivity contribution in [3.05, 3.63) is 30.1 Å². The van der Waals surface area contributed by atoms with Gasteiger partial charge in [0.15, 0.2) is 5.82 Å².